The first-order valence-electron chi connectivity index (χ1n) is 5.64. The van der Waals surface area contributed by atoms with Gasteiger partial charge in [0.2, 0.25) is 0 Å². The molecule has 0 aromatic rings. The minimum atomic E-state index is -0.260. The van der Waals surface area contributed by atoms with Gasteiger partial charge in [0, 0.05) is 33.1 Å². The summed E-state index contributed by atoms with van der Waals surface area (Å²) in [4.78, 5) is 0. The number of methoxy groups -OCH3 is 3. The van der Waals surface area contributed by atoms with Crippen LogP contribution in [0.25, 0.3) is 0 Å². The molecular weight excluding hydrogens is 292 g/mol. The van der Waals surface area contributed by atoms with Crippen molar-refractivity contribution in [3.63, 3.8) is 0 Å². The van der Waals surface area contributed by atoms with Crippen molar-refractivity contribution in [3.8, 4) is 0 Å². The molecule has 0 bridgehead atoms. The number of alkyl halides is 1. The van der Waals surface area contributed by atoms with Crippen LogP contribution in [-0.2, 0) is 23.7 Å². The molecule has 4 atom stereocenters. The van der Waals surface area contributed by atoms with Crippen LogP contribution in [0.5, 0.6) is 0 Å². The lowest BCUT2D eigenvalue weighted by atomic mass is 10.0. The molecule has 0 N–H and O–H groups in total. The zero-order valence-corrected chi connectivity index (χ0v) is 12.1. The summed E-state index contributed by atoms with van der Waals surface area (Å²) in [5, 5.41) is 0.785. The fraction of sp³-hybridized carbons (Fsp3) is 1.00. The molecule has 1 heterocycles. The average molecular weight is 313 g/mol. The SMILES string of the molecule is COC[C@H]1O[C@@H](OCCBr)C[C@@H](OC)[C@@H]1OC. The minimum Gasteiger partial charge on any atom is -0.382 e. The summed E-state index contributed by atoms with van der Waals surface area (Å²) >= 11 is 3.32. The van der Waals surface area contributed by atoms with Crippen molar-refractivity contribution in [2.75, 3.05) is 39.9 Å². The third-order valence-corrected chi connectivity index (χ3v) is 3.09. The fourth-order valence-electron chi connectivity index (χ4n) is 2.01. The van der Waals surface area contributed by atoms with Crippen LogP contribution < -0.4 is 0 Å². The molecule has 102 valence electrons. The average Bonchev–Trinajstić information content (AvgIpc) is 2.36. The van der Waals surface area contributed by atoms with Crippen molar-refractivity contribution in [1.82, 2.24) is 0 Å². The van der Waals surface area contributed by atoms with E-state index in [0.29, 0.717) is 19.6 Å². The molecule has 1 rings (SSSR count). The standard InChI is InChI=1S/C11H21BrO5/c1-13-7-9-11(15-3)8(14-2)6-10(17-9)16-5-4-12/h8-11H,4-7H2,1-3H3/t8-,9-,10-,11+/m1/s1. The highest BCUT2D eigenvalue weighted by molar-refractivity contribution is 9.09. The van der Waals surface area contributed by atoms with E-state index in [2.05, 4.69) is 15.9 Å². The zero-order chi connectivity index (χ0) is 12.7. The van der Waals surface area contributed by atoms with Gasteiger partial charge in [-0.25, -0.2) is 0 Å². The monoisotopic (exact) mass is 312 g/mol. The van der Waals surface area contributed by atoms with Gasteiger partial charge in [-0.1, -0.05) is 15.9 Å². The lowest BCUT2D eigenvalue weighted by Crippen LogP contribution is -2.52. The second-order valence-corrected chi connectivity index (χ2v) is 4.62. The number of hydrogen-bond donors (Lipinski definition) is 0. The Hall–Kier alpha value is 0.280. The van der Waals surface area contributed by atoms with Crippen molar-refractivity contribution < 1.29 is 23.7 Å². The lowest BCUT2D eigenvalue weighted by Gasteiger charge is -2.39. The summed E-state index contributed by atoms with van der Waals surface area (Å²) in [7, 11) is 4.97. The molecule has 5 nitrogen and oxygen atoms in total. The second-order valence-electron chi connectivity index (χ2n) is 3.83. The van der Waals surface area contributed by atoms with Gasteiger partial charge in [-0.2, -0.15) is 0 Å². The van der Waals surface area contributed by atoms with Crippen molar-refractivity contribution in [2.45, 2.75) is 31.0 Å². The maximum atomic E-state index is 5.79. The summed E-state index contributed by atoms with van der Waals surface area (Å²) in [5.41, 5.74) is 0. The predicted octanol–water partition coefficient (Wildman–Crippen LogP) is 1.19. The fourth-order valence-corrected chi connectivity index (χ4v) is 2.19. The highest BCUT2D eigenvalue weighted by atomic mass is 79.9. The first-order valence-corrected chi connectivity index (χ1v) is 6.76. The lowest BCUT2D eigenvalue weighted by molar-refractivity contribution is -0.264. The van der Waals surface area contributed by atoms with E-state index < -0.39 is 0 Å². The van der Waals surface area contributed by atoms with Crippen molar-refractivity contribution in [3.05, 3.63) is 0 Å². The summed E-state index contributed by atoms with van der Waals surface area (Å²) in [6, 6.07) is 0. The van der Waals surface area contributed by atoms with Gasteiger partial charge in [0.05, 0.1) is 19.3 Å². The summed E-state index contributed by atoms with van der Waals surface area (Å²) in [6.45, 7) is 1.07. The van der Waals surface area contributed by atoms with E-state index in [-0.39, 0.29) is 24.6 Å². The summed E-state index contributed by atoms with van der Waals surface area (Å²) < 4.78 is 27.3. The molecule has 1 aliphatic rings. The molecule has 0 amide bonds. The van der Waals surface area contributed by atoms with E-state index in [1.165, 1.54) is 0 Å². The van der Waals surface area contributed by atoms with Crippen LogP contribution in [0.15, 0.2) is 0 Å². The Morgan fingerprint density at radius 3 is 2.53 bits per heavy atom. The van der Waals surface area contributed by atoms with Gasteiger partial charge in [0.25, 0.3) is 0 Å². The molecule has 0 aromatic carbocycles. The van der Waals surface area contributed by atoms with E-state index in [1.54, 1.807) is 21.3 Å². The molecule has 0 unspecified atom stereocenters. The smallest absolute Gasteiger partial charge is 0.160 e. The Balaban J connectivity index is 2.58. The van der Waals surface area contributed by atoms with Gasteiger partial charge in [-0.3, -0.25) is 0 Å². The molecule has 17 heavy (non-hydrogen) atoms. The quantitative estimate of drug-likeness (QED) is 0.661. The van der Waals surface area contributed by atoms with E-state index in [4.69, 9.17) is 23.7 Å². The third-order valence-electron chi connectivity index (χ3n) is 2.77. The Bertz CT molecular complexity index is 204. The molecule has 0 radical (unpaired) electrons. The largest absolute Gasteiger partial charge is 0.382 e. The van der Waals surface area contributed by atoms with Crippen LogP contribution in [0.1, 0.15) is 6.42 Å². The predicted molar refractivity (Wildman–Crippen MR) is 66.5 cm³/mol. The van der Waals surface area contributed by atoms with Gasteiger partial charge in [-0.05, 0) is 0 Å². The van der Waals surface area contributed by atoms with E-state index >= 15 is 0 Å². The molecule has 1 aliphatic heterocycles. The Kier molecular flexibility index (Phi) is 7.57. The van der Waals surface area contributed by atoms with E-state index in [1.807, 2.05) is 0 Å². The zero-order valence-electron chi connectivity index (χ0n) is 10.6. The topological polar surface area (TPSA) is 46.2 Å². The highest BCUT2D eigenvalue weighted by Gasteiger charge is 2.39. The first-order chi connectivity index (χ1) is 8.26. The molecule has 0 saturated carbocycles. The number of rotatable bonds is 7. The molecule has 0 aromatic heterocycles. The molecule has 0 spiro atoms. The maximum absolute atomic E-state index is 5.79. The van der Waals surface area contributed by atoms with Crippen LogP contribution in [0.4, 0.5) is 0 Å². The number of halogens is 1. The van der Waals surface area contributed by atoms with E-state index in [0.717, 1.165) is 5.33 Å². The third kappa shape index (κ3) is 4.46. The van der Waals surface area contributed by atoms with Crippen LogP contribution in [0.3, 0.4) is 0 Å². The van der Waals surface area contributed by atoms with Gasteiger partial charge in [0.1, 0.15) is 12.2 Å². The van der Waals surface area contributed by atoms with Crippen LogP contribution in [0, 0.1) is 0 Å². The Morgan fingerprint density at radius 1 is 1.24 bits per heavy atom. The number of ether oxygens (including phenoxy) is 5. The molecule has 1 fully saturated rings. The molecule has 0 aliphatic carbocycles. The Labute approximate surface area is 111 Å². The van der Waals surface area contributed by atoms with Crippen LogP contribution >= 0.6 is 15.9 Å². The number of hydrogen-bond acceptors (Lipinski definition) is 5. The van der Waals surface area contributed by atoms with Gasteiger partial charge in [0.15, 0.2) is 6.29 Å². The molecule has 6 heteroatoms. The summed E-state index contributed by atoms with van der Waals surface area (Å²) in [6.07, 6.45) is 0.0912. The van der Waals surface area contributed by atoms with Crippen LogP contribution in [0.2, 0.25) is 0 Å². The normalized spacial score (nSPS) is 33.9. The highest BCUT2D eigenvalue weighted by Crippen LogP contribution is 2.25. The second kappa shape index (κ2) is 8.39. The van der Waals surface area contributed by atoms with Gasteiger partial charge in [-0.15, -0.1) is 0 Å². The van der Waals surface area contributed by atoms with Crippen molar-refractivity contribution in [2.24, 2.45) is 0 Å². The van der Waals surface area contributed by atoms with Gasteiger partial charge < -0.3 is 23.7 Å². The van der Waals surface area contributed by atoms with Crippen LogP contribution in [-0.4, -0.2) is 64.5 Å². The maximum Gasteiger partial charge on any atom is 0.160 e. The molecular formula is C11H21BrO5. The summed E-state index contributed by atoms with van der Waals surface area (Å²) in [5.74, 6) is 0. The van der Waals surface area contributed by atoms with Crippen molar-refractivity contribution >= 4 is 15.9 Å². The molecule has 1 saturated heterocycles. The first kappa shape index (κ1) is 15.3. The van der Waals surface area contributed by atoms with E-state index in [9.17, 15) is 0 Å². The minimum absolute atomic E-state index is 0.0331. The van der Waals surface area contributed by atoms with Crippen molar-refractivity contribution in [1.29, 1.82) is 0 Å². The Morgan fingerprint density at radius 2 is 2.00 bits per heavy atom. The van der Waals surface area contributed by atoms with Gasteiger partial charge >= 0.3 is 0 Å².